The van der Waals surface area contributed by atoms with Gasteiger partial charge in [-0.15, -0.1) is 0 Å². The van der Waals surface area contributed by atoms with E-state index in [2.05, 4.69) is 22.5 Å². The van der Waals surface area contributed by atoms with E-state index in [1.54, 1.807) is 60.7 Å². The van der Waals surface area contributed by atoms with Crippen LogP contribution in [0.15, 0.2) is 72.8 Å². The van der Waals surface area contributed by atoms with Crippen molar-refractivity contribution >= 4 is 23.4 Å². The lowest BCUT2D eigenvalue weighted by molar-refractivity contribution is -0.133. The largest absolute Gasteiger partial charge is 0.508 e. The van der Waals surface area contributed by atoms with Crippen molar-refractivity contribution in [2.24, 2.45) is 5.73 Å². The van der Waals surface area contributed by atoms with Gasteiger partial charge in [-0.25, -0.2) is 5.48 Å². The first kappa shape index (κ1) is 27.9. The standard InChI is InChI=1S/C28H28N4O6/c1-17(33)25(28(37)32-38)31-26(35)21-10-4-18(5-11-21)2-3-19-6-12-22(13-7-19)30-27(36)24(29)16-20-8-14-23(34)15-9-20/h4-15,17,24-25,33-34,38H,16,29H2,1H3,(H,30,36)(H,31,35)(H,32,37)/t17-,24+,25+/m1/s1. The summed E-state index contributed by atoms with van der Waals surface area (Å²) in [5, 5.41) is 32.9. The lowest BCUT2D eigenvalue weighted by Gasteiger charge is -2.19. The van der Waals surface area contributed by atoms with Crippen molar-refractivity contribution in [3.63, 3.8) is 0 Å². The third-order valence-corrected chi connectivity index (χ3v) is 5.54. The van der Waals surface area contributed by atoms with Crippen LogP contribution in [-0.4, -0.2) is 51.3 Å². The van der Waals surface area contributed by atoms with Crippen molar-refractivity contribution < 1.29 is 29.8 Å². The number of anilines is 1. The molecule has 0 aliphatic carbocycles. The number of carbonyl (C=O) groups is 3. The van der Waals surface area contributed by atoms with Crippen LogP contribution in [-0.2, 0) is 16.0 Å². The highest BCUT2D eigenvalue weighted by atomic mass is 16.5. The third-order valence-electron chi connectivity index (χ3n) is 5.54. The molecular formula is C28H28N4O6. The fourth-order valence-electron chi connectivity index (χ4n) is 3.40. The van der Waals surface area contributed by atoms with Crippen molar-refractivity contribution in [1.29, 1.82) is 0 Å². The van der Waals surface area contributed by atoms with E-state index < -0.39 is 30.0 Å². The van der Waals surface area contributed by atoms with Gasteiger partial charge in [0.2, 0.25) is 5.91 Å². The van der Waals surface area contributed by atoms with Crippen LogP contribution in [0.1, 0.15) is 34.0 Å². The van der Waals surface area contributed by atoms with Crippen LogP contribution in [0, 0.1) is 11.8 Å². The molecule has 0 radical (unpaired) electrons. The van der Waals surface area contributed by atoms with E-state index in [9.17, 15) is 24.6 Å². The number of hydrogen-bond acceptors (Lipinski definition) is 7. The molecule has 0 unspecified atom stereocenters. The van der Waals surface area contributed by atoms with Gasteiger partial charge in [0.25, 0.3) is 11.8 Å². The third kappa shape index (κ3) is 7.91. The first-order valence-electron chi connectivity index (χ1n) is 11.7. The van der Waals surface area contributed by atoms with Gasteiger partial charge in [0.05, 0.1) is 12.1 Å². The molecule has 0 spiro atoms. The van der Waals surface area contributed by atoms with Crippen LogP contribution in [0.5, 0.6) is 5.75 Å². The van der Waals surface area contributed by atoms with Crippen molar-refractivity contribution in [1.82, 2.24) is 10.8 Å². The topological polar surface area (TPSA) is 174 Å². The predicted molar refractivity (Wildman–Crippen MR) is 140 cm³/mol. The van der Waals surface area contributed by atoms with Gasteiger partial charge >= 0.3 is 0 Å². The smallest absolute Gasteiger partial charge is 0.268 e. The van der Waals surface area contributed by atoms with Gasteiger partial charge in [0, 0.05) is 22.4 Å². The molecule has 196 valence electrons. The highest BCUT2D eigenvalue weighted by Crippen LogP contribution is 2.13. The molecule has 0 saturated heterocycles. The number of aromatic hydroxyl groups is 1. The molecule has 38 heavy (non-hydrogen) atoms. The number of rotatable bonds is 8. The van der Waals surface area contributed by atoms with Gasteiger partial charge in [-0.05, 0) is 79.6 Å². The molecule has 3 aromatic rings. The second-order valence-corrected chi connectivity index (χ2v) is 8.54. The second-order valence-electron chi connectivity index (χ2n) is 8.54. The average molecular weight is 517 g/mol. The molecule has 3 atom stereocenters. The molecular weight excluding hydrogens is 488 g/mol. The van der Waals surface area contributed by atoms with E-state index in [4.69, 9.17) is 10.9 Å². The number of aliphatic hydroxyl groups excluding tert-OH is 1. The number of phenols is 1. The number of hydroxylamine groups is 1. The number of hydrogen-bond donors (Lipinski definition) is 7. The van der Waals surface area contributed by atoms with Gasteiger partial charge in [-0.1, -0.05) is 24.0 Å². The Morgan fingerprint density at radius 3 is 1.95 bits per heavy atom. The van der Waals surface area contributed by atoms with Crippen LogP contribution >= 0.6 is 0 Å². The Labute approximate surface area is 219 Å². The minimum Gasteiger partial charge on any atom is -0.508 e. The Morgan fingerprint density at radius 2 is 1.42 bits per heavy atom. The van der Waals surface area contributed by atoms with Gasteiger partial charge in [0.1, 0.15) is 11.8 Å². The van der Waals surface area contributed by atoms with Gasteiger partial charge in [-0.2, -0.15) is 0 Å². The van der Waals surface area contributed by atoms with Crippen LogP contribution in [0.4, 0.5) is 5.69 Å². The van der Waals surface area contributed by atoms with E-state index in [0.717, 1.165) is 5.56 Å². The molecule has 0 aliphatic heterocycles. The summed E-state index contributed by atoms with van der Waals surface area (Å²) in [6.45, 7) is 1.31. The normalized spacial score (nSPS) is 12.7. The van der Waals surface area contributed by atoms with E-state index in [0.29, 0.717) is 23.2 Å². The average Bonchev–Trinajstić information content (AvgIpc) is 2.92. The molecule has 0 aliphatic rings. The molecule has 0 aromatic heterocycles. The maximum atomic E-state index is 12.4. The quantitative estimate of drug-likeness (QED) is 0.134. The summed E-state index contributed by atoms with van der Waals surface area (Å²) in [4.78, 5) is 36.4. The zero-order valence-electron chi connectivity index (χ0n) is 20.5. The molecule has 0 fully saturated rings. The Hall–Kier alpha value is -4.69. The van der Waals surface area contributed by atoms with E-state index in [-0.39, 0.29) is 17.2 Å². The summed E-state index contributed by atoms with van der Waals surface area (Å²) in [7, 11) is 0. The molecule has 8 N–H and O–H groups in total. The van der Waals surface area contributed by atoms with Crippen molar-refractivity contribution in [2.75, 3.05) is 5.32 Å². The zero-order valence-corrected chi connectivity index (χ0v) is 20.5. The highest BCUT2D eigenvalue weighted by molar-refractivity contribution is 5.97. The zero-order chi connectivity index (χ0) is 27.7. The molecule has 0 bridgehead atoms. The van der Waals surface area contributed by atoms with Crippen LogP contribution in [0.3, 0.4) is 0 Å². The van der Waals surface area contributed by atoms with E-state index in [1.807, 2.05) is 0 Å². The summed E-state index contributed by atoms with van der Waals surface area (Å²) in [6.07, 6.45) is -0.881. The minimum atomic E-state index is -1.31. The number of aliphatic hydroxyl groups is 1. The molecule has 10 nitrogen and oxygen atoms in total. The fraction of sp³-hybridized carbons (Fsp3) is 0.179. The molecule has 10 heteroatoms. The Kier molecular flexibility index (Phi) is 9.56. The van der Waals surface area contributed by atoms with E-state index in [1.165, 1.54) is 24.5 Å². The maximum Gasteiger partial charge on any atom is 0.268 e. The predicted octanol–water partition coefficient (Wildman–Crippen LogP) is 1.29. The summed E-state index contributed by atoms with van der Waals surface area (Å²) < 4.78 is 0. The van der Waals surface area contributed by atoms with Crippen LogP contribution in [0.25, 0.3) is 0 Å². The second kappa shape index (κ2) is 13.0. The molecule has 3 amide bonds. The number of amides is 3. The first-order valence-corrected chi connectivity index (χ1v) is 11.7. The number of carbonyl (C=O) groups excluding carboxylic acids is 3. The van der Waals surface area contributed by atoms with Crippen molar-refractivity contribution in [3.05, 3.63) is 95.1 Å². The van der Waals surface area contributed by atoms with E-state index >= 15 is 0 Å². The monoisotopic (exact) mass is 516 g/mol. The van der Waals surface area contributed by atoms with Gasteiger partial charge < -0.3 is 26.6 Å². The lowest BCUT2D eigenvalue weighted by atomic mass is 10.1. The summed E-state index contributed by atoms with van der Waals surface area (Å²) >= 11 is 0. The SMILES string of the molecule is C[C@@H](O)[C@H](NC(=O)c1ccc(C#Cc2ccc(NC(=O)[C@@H](N)Cc3ccc(O)cc3)cc2)cc1)C(=O)NO. The van der Waals surface area contributed by atoms with Crippen molar-refractivity contribution in [3.8, 4) is 17.6 Å². The lowest BCUT2D eigenvalue weighted by Crippen LogP contribution is -2.51. The summed E-state index contributed by atoms with van der Waals surface area (Å²) in [5.41, 5.74) is 10.4. The van der Waals surface area contributed by atoms with Crippen molar-refractivity contribution in [2.45, 2.75) is 31.5 Å². The summed E-state index contributed by atoms with van der Waals surface area (Å²) in [5.74, 6) is 4.26. The maximum absolute atomic E-state index is 12.4. The van der Waals surface area contributed by atoms with Crippen LogP contribution in [0.2, 0.25) is 0 Å². The number of nitrogens with two attached hydrogens (primary N) is 1. The first-order chi connectivity index (χ1) is 18.2. The van der Waals surface area contributed by atoms with Gasteiger partial charge in [-0.3, -0.25) is 19.6 Å². The molecule has 3 rings (SSSR count). The minimum absolute atomic E-state index is 0.146. The van der Waals surface area contributed by atoms with Crippen LogP contribution < -0.4 is 21.8 Å². The molecule has 0 saturated carbocycles. The molecule has 3 aromatic carbocycles. The summed E-state index contributed by atoms with van der Waals surface area (Å²) in [6, 6.07) is 17.7. The Bertz CT molecular complexity index is 1330. The molecule has 0 heterocycles. The number of nitrogens with one attached hydrogen (secondary N) is 3. The highest BCUT2D eigenvalue weighted by Gasteiger charge is 2.25. The van der Waals surface area contributed by atoms with Gasteiger partial charge in [0.15, 0.2) is 0 Å². The Morgan fingerprint density at radius 1 is 0.868 bits per heavy atom. The Balaban J connectivity index is 1.56. The number of benzene rings is 3. The fourth-order valence-corrected chi connectivity index (χ4v) is 3.40. The number of phenolic OH excluding ortho intramolecular Hbond substituents is 1.